The molecule has 0 unspecified atom stereocenters. The molecule has 4 aliphatic rings. The van der Waals surface area contributed by atoms with Gasteiger partial charge in [0.25, 0.3) is 0 Å². The number of carbonyl (C=O) groups excluding carboxylic acids is 1. The third kappa shape index (κ3) is 2.91. The molecule has 4 aliphatic carbocycles. The summed E-state index contributed by atoms with van der Waals surface area (Å²) in [5.41, 5.74) is 0.788. The first-order valence-electron chi connectivity index (χ1n) is 8.82. The Labute approximate surface area is 147 Å². The average molecular weight is 350 g/mol. The lowest BCUT2D eigenvalue weighted by Crippen LogP contribution is -2.51. The van der Waals surface area contributed by atoms with Crippen LogP contribution < -0.4 is 5.32 Å². The molecular formula is C19H24ClNOS. The normalized spacial score (nSPS) is 34.6. The highest BCUT2D eigenvalue weighted by atomic mass is 35.5. The molecule has 0 radical (unpaired) electrons. The van der Waals surface area contributed by atoms with Gasteiger partial charge < -0.3 is 5.32 Å². The summed E-state index contributed by atoms with van der Waals surface area (Å²) >= 11 is 7.92. The summed E-state index contributed by atoms with van der Waals surface area (Å²) < 4.78 is 0. The van der Waals surface area contributed by atoms with Crippen molar-refractivity contribution in [3.63, 3.8) is 0 Å². The van der Waals surface area contributed by atoms with Gasteiger partial charge >= 0.3 is 0 Å². The Bertz CT molecular complexity index is 595. The topological polar surface area (TPSA) is 29.1 Å². The van der Waals surface area contributed by atoms with Gasteiger partial charge in [-0.25, -0.2) is 0 Å². The molecule has 4 fully saturated rings. The Balaban J connectivity index is 1.57. The van der Waals surface area contributed by atoms with Crippen LogP contribution in [0.15, 0.2) is 23.1 Å². The molecule has 4 saturated carbocycles. The van der Waals surface area contributed by atoms with Crippen molar-refractivity contribution >= 4 is 35.0 Å². The maximum absolute atomic E-state index is 13.2. The zero-order chi connectivity index (χ0) is 16.0. The van der Waals surface area contributed by atoms with E-state index in [4.69, 9.17) is 11.6 Å². The summed E-state index contributed by atoms with van der Waals surface area (Å²) in [6, 6.07) is 5.82. The van der Waals surface area contributed by atoms with Crippen molar-refractivity contribution in [2.24, 2.45) is 23.2 Å². The Hall–Kier alpha value is -0.670. The predicted octanol–water partition coefficient (Wildman–Crippen LogP) is 5.61. The quantitative estimate of drug-likeness (QED) is 0.716. The fourth-order valence-corrected chi connectivity index (χ4v) is 6.44. The highest BCUT2D eigenvalue weighted by Crippen LogP contribution is 2.60. The van der Waals surface area contributed by atoms with Gasteiger partial charge in [0.1, 0.15) is 0 Å². The first-order valence-corrected chi connectivity index (χ1v) is 10.2. The van der Waals surface area contributed by atoms with Crippen molar-refractivity contribution in [2.75, 3.05) is 11.1 Å². The molecule has 23 heavy (non-hydrogen) atoms. The number of nitrogens with one attached hydrogen (secondary N) is 1. The molecule has 0 atom stereocenters. The molecule has 0 aliphatic heterocycles. The number of hydrogen-bond donors (Lipinski definition) is 1. The summed E-state index contributed by atoms with van der Waals surface area (Å²) in [5.74, 6) is 3.60. The standard InChI is InChI=1S/C19H24ClNOS/c1-2-23-17-4-3-15(20)8-16(17)21-18(22)19-9-12-5-13(10-19)7-14(6-12)11-19/h3-4,8,12-14H,2,5-7,9-11H2,1H3,(H,21,22). The van der Waals surface area contributed by atoms with E-state index in [9.17, 15) is 4.79 Å². The monoisotopic (exact) mass is 349 g/mol. The van der Waals surface area contributed by atoms with Crippen molar-refractivity contribution in [1.82, 2.24) is 0 Å². The fourth-order valence-electron chi connectivity index (χ4n) is 5.52. The van der Waals surface area contributed by atoms with Gasteiger partial charge in [-0.1, -0.05) is 18.5 Å². The first-order chi connectivity index (χ1) is 11.1. The second-order valence-corrected chi connectivity index (χ2v) is 9.47. The summed E-state index contributed by atoms with van der Waals surface area (Å²) in [6.45, 7) is 2.13. The van der Waals surface area contributed by atoms with Crippen LogP contribution in [0, 0.1) is 23.2 Å². The third-order valence-corrected chi connectivity index (χ3v) is 7.20. The molecule has 1 aromatic rings. The Morgan fingerprint density at radius 2 is 1.83 bits per heavy atom. The molecule has 1 amide bonds. The molecule has 4 bridgehead atoms. The Morgan fingerprint density at radius 1 is 1.22 bits per heavy atom. The molecular weight excluding hydrogens is 326 g/mol. The average Bonchev–Trinajstić information content (AvgIpc) is 2.49. The zero-order valence-corrected chi connectivity index (χ0v) is 15.2. The molecule has 0 spiro atoms. The maximum Gasteiger partial charge on any atom is 0.230 e. The molecule has 124 valence electrons. The van der Waals surface area contributed by atoms with Crippen LogP contribution in [0.3, 0.4) is 0 Å². The molecule has 5 rings (SSSR count). The Kier molecular flexibility index (Phi) is 4.13. The summed E-state index contributed by atoms with van der Waals surface area (Å²) in [5, 5.41) is 3.94. The van der Waals surface area contributed by atoms with E-state index >= 15 is 0 Å². The number of rotatable bonds is 4. The highest BCUT2D eigenvalue weighted by Gasteiger charge is 2.54. The zero-order valence-electron chi connectivity index (χ0n) is 13.6. The van der Waals surface area contributed by atoms with E-state index in [2.05, 4.69) is 12.2 Å². The van der Waals surface area contributed by atoms with Crippen LogP contribution in [-0.4, -0.2) is 11.7 Å². The minimum Gasteiger partial charge on any atom is -0.325 e. The third-order valence-electron chi connectivity index (χ3n) is 6.01. The van der Waals surface area contributed by atoms with Gasteiger partial charge in [-0.2, -0.15) is 0 Å². The molecule has 0 saturated heterocycles. The lowest BCUT2D eigenvalue weighted by atomic mass is 9.49. The van der Waals surface area contributed by atoms with Gasteiger partial charge in [0.05, 0.1) is 11.1 Å². The number of carbonyl (C=O) groups is 1. The van der Waals surface area contributed by atoms with E-state index in [0.717, 1.165) is 53.4 Å². The van der Waals surface area contributed by atoms with Gasteiger partial charge in [0.2, 0.25) is 5.91 Å². The molecule has 1 N–H and O–H groups in total. The minimum absolute atomic E-state index is 0.106. The summed E-state index contributed by atoms with van der Waals surface area (Å²) in [7, 11) is 0. The molecule has 1 aromatic carbocycles. The van der Waals surface area contributed by atoms with E-state index in [1.807, 2.05) is 18.2 Å². The van der Waals surface area contributed by atoms with Crippen LogP contribution in [0.2, 0.25) is 5.02 Å². The largest absolute Gasteiger partial charge is 0.325 e. The van der Waals surface area contributed by atoms with E-state index in [-0.39, 0.29) is 11.3 Å². The SMILES string of the molecule is CCSc1ccc(Cl)cc1NC(=O)C12CC3CC(CC(C3)C1)C2. The van der Waals surface area contributed by atoms with Crippen LogP contribution in [0.1, 0.15) is 45.4 Å². The fraction of sp³-hybridized carbons (Fsp3) is 0.632. The van der Waals surface area contributed by atoms with Crippen molar-refractivity contribution in [3.05, 3.63) is 23.2 Å². The van der Waals surface area contributed by atoms with Crippen LogP contribution in [0.25, 0.3) is 0 Å². The van der Waals surface area contributed by atoms with Gasteiger partial charge in [0.15, 0.2) is 0 Å². The number of anilines is 1. The highest BCUT2D eigenvalue weighted by molar-refractivity contribution is 7.99. The first kappa shape index (κ1) is 15.8. The summed E-state index contributed by atoms with van der Waals surface area (Å²) in [4.78, 5) is 14.3. The van der Waals surface area contributed by atoms with Gasteiger partial charge in [-0.3, -0.25) is 4.79 Å². The predicted molar refractivity (Wildman–Crippen MR) is 97.1 cm³/mol. The number of hydrogen-bond acceptors (Lipinski definition) is 2. The molecule has 0 aromatic heterocycles. The lowest BCUT2D eigenvalue weighted by Gasteiger charge is -2.55. The second kappa shape index (κ2) is 6.00. The van der Waals surface area contributed by atoms with Crippen molar-refractivity contribution in [2.45, 2.75) is 50.3 Å². The van der Waals surface area contributed by atoms with Crippen molar-refractivity contribution in [3.8, 4) is 0 Å². The second-order valence-electron chi connectivity index (χ2n) is 7.73. The smallest absolute Gasteiger partial charge is 0.230 e. The van der Waals surface area contributed by atoms with Crippen LogP contribution >= 0.6 is 23.4 Å². The number of amides is 1. The molecule has 2 nitrogen and oxygen atoms in total. The van der Waals surface area contributed by atoms with Crippen molar-refractivity contribution in [1.29, 1.82) is 0 Å². The number of benzene rings is 1. The van der Waals surface area contributed by atoms with Gasteiger partial charge in [0, 0.05) is 9.92 Å². The van der Waals surface area contributed by atoms with Crippen LogP contribution in [-0.2, 0) is 4.79 Å². The van der Waals surface area contributed by atoms with Crippen LogP contribution in [0.5, 0.6) is 0 Å². The minimum atomic E-state index is -0.106. The van der Waals surface area contributed by atoms with Gasteiger partial charge in [-0.15, -0.1) is 11.8 Å². The lowest BCUT2D eigenvalue weighted by molar-refractivity contribution is -0.140. The van der Waals surface area contributed by atoms with Gasteiger partial charge in [-0.05, 0) is 80.2 Å². The maximum atomic E-state index is 13.2. The van der Waals surface area contributed by atoms with E-state index in [1.54, 1.807) is 11.8 Å². The van der Waals surface area contributed by atoms with E-state index in [1.165, 1.54) is 19.3 Å². The van der Waals surface area contributed by atoms with Crippen LogP contribution in [0.4, 0.5) is 5.69 Å². The number of halogens is 1. The molecule has 4 heteroatoms. The van der Waals surface area contributed by atoms with E-state index < -0.39 is 0 Å². The Morgan fingerprint density at radius 3 is 2.39 bits per heavy atom. The summed E-state index contributed by atoms with van der Waals surface area (Å²) in [6.07, 6.45) is 7.38. The van der Waals surface area contributed by atoms with Crippen molar-refractivity contribution < 1.29 is 4.79 Å². The van der Waals surface area contributed by atoms with E-state index in [0.29, 0.717) is 5.02 Å². The number of thioether (sulfide) groups is 1. The molecule has 0 heterocycles.